The van der Waals surface area contributed by atoms with Gasteiger partial charge in [-0.15, -0.1) is 11.6 Å². The third-order valence-electron chi connectivity index (χ3n) is 3.79. The monoisotopic (exact) mass is 291 g/mol. The van der Waals surface area contributed by atoms with Crippen LogP contribution < -0.4 is 4.90 Å². The largest absolute Gasteiger partial charge is 0.391 e. The second kappa shape index (κ2) is 5.61. The van der Waals surface area contributed by atoms with Gasteiger partial charge in [0.1, 0.15) is 0 Å². The van der Waals surface area contributed by atoms with E-state index in [2.05, 4.69) is 0 Å². The van der Waals surface area contributed by atoms with E-state index in [1.807, 2.05) is 30.0 Å². The summed E-state index contributed by atoms with van der Waals surface area (Å²) < 4.78 is 37.8. The van der Waals surface area contributed by atoms with Crippen LogP contribution in [0.25, 0.3) is 0 Å². The molecule has 5 heteroatoms. The summed E-state index contributed by atoms with van der Waals surface area (Å²) in [5, 5.41) is 0. The van der Waals surface area contributed by atoms with E-state index in [9.17, 15) is 13.2 Å². The minimum absolute atomic E-state index is 0.180. The Hall–Kier alpha value is -0.900. The molecule has 0 aliphatic carbocycles. The van der Waals surface area contributed by atoms with Gasteiger partial charge in [0, 0.05) is 24.7 Å². The third-order valence-corrected chi connectivity index (χ3v) is 4.08. The van der Waals surface area contributed by atoms with Crippen LogP contribution in [-0.2, 0) is 5.88 Å². The molecule has 2 rings (SSSR count). The molecule has 1 nitrogen and oxygen atoms in total. The molecule has 0 amide bonds. The van der Waals surface area contributed by atoms with Gasteiger partial charge in [-0.05, 0) is 43.0 Å². The lowest BCUT2D eigenvalue weighted by atomic mass is 9.95. The molecule has 1 aliphatic heterocycles. The van der Waals surface area contributed by atoms with Crippen molar-refractivity contribution in [3.8, 4) is 0 Å². The third kappa shape index (κ3) is 3.35. The van der Waals surface area contributed by atoms with Gasteiger partial charge in [0.2, 0.25) is 0 Å². The summed E-state index contributed by atoms with van der Waals surface area (Å²) in [6, 6.07) is 5.90. The van der Waals surface area contributed by atoms with Crippen molar-refractivity contribution in [2.75, 3.05) is 18.0 Å². The van der Waals surface area contributed by atoms with Crippen molar-refractivity contribution in [3.63, 3.8) is 0 Å². The normalized spacial score (nSPS) is 17.8. The van der Waals surface area contributed by atoms with Crippen molar-refractivity contribution >= 4 is 17.3 Å². The highest BCUT2D eigenvalue weighted by Crippen LogP contribution is 2.35. The number of piperidine rings is 1. The first-order valence-corrected chi connectivity index (χ1v) is 6.92. The number of benzene rings is 1. The quantitative estimate of drug-likeness (QED) is 0.725. The van der Waals surface area contributed by atoms with Crippen LogP contribution in [0.15, 0.2) is 18.2 Å². The zero-order valence-electron chi connectivity index (χ0n) is 10.8. The van der Waals surface area contributed by atoms with Crippen molar-refractivity contribution in [2.45, 2.75) is 31.8 Å². The summed E-state index contributed by atoms with van der Waals surface area (Å²) in [5.41, 5.74) is 3.15. The zero-order valence-corrected chi connectivity index (χ0v) is 11.6. The molecule has 0 saturated carbocycles. The lowest BCUT2D eigenvalue weighted by Crippen LogP contribution is -2.39. The predicted molar refractivity (Wildman–Crippen MR) is 71.7 cm³/mol. The van der Waals surface area contributed by atoms with Gasteiger partial charge in [-0.2, -0.15) is 13.2 Å². The average molecular weight is 292 g/mol. The molecule has 19 heavy (non-hydrogen) atoms. The van der Waals surface area contributed by atoms with Gasteiger partial charge in [-0.25, -0.2) is 0 Å². The van der Waals surface area contributed by atoms with E-state index in [1.165, 1.54) is 0 Å². The Morgan fingerprint density at radius 3 is 2.37 bits per heavy atom. The number of anilines is 1. The molecule has 1 aliphatic rings. The highest BCUT2D eigenvalue weighted by atomic mass is 35.5. The number of rotatable bonds is 2. The van der Waals surface area contributed by atoms with Crippen molar-refractivity contribution in [1.82, 2.24) is 0 Å². The first kappa shape index (κ1) is 14.5. The molecule has 1 aromatic carbocycles. The Labute approximate surface area is 116 Å². The van der Waals surface area contributed by atoms with Gasteiger partial charge >= 0.3 is 6.18 Å². The fraction of sp³-hybridized carbons (Fsp3) is 0.571. The molecule has 106 valence electrons. The van der Waals surface area contributed by atoms with Crippen LogP contribution in [0.1, 0.15) is 24.0 Å². The average Bonchev–Trinajstić information content (AvgIpc) is 2.38. The smallest absolute Gasteiger partial charge is 0.371 e. The summed E-state index contributed by atoms with van der Waals surface area (Å²) in [7, 11) is 0. The summed E-state index contributed by atoms with van der Waals surface area (Å²) in [6.07, 6.45) is -3.69. The topological polar surface area (TPSA) is 3.24 Å². The molecule has 0 radical (unpaired) electrons. The molecular formula is C14H17ClF3N. The zero-order chi connectivity index (χ0) is 14.0. The number of hydrogen-bond donors (Lipinski definition) is 0. The molecule has 0 N–H and O–H groups in total. The Morgan fingerprint density at radius 2 is 1.89 bits per heavy atom. The molecule has 1 fully saturated rings. The summed E-state index contributed by atoms with van der Waals surface area (Å²) >= 11 is 5.80. The fourth-order valence-electron chi connectivity index (χ4n) is 2.49. The Bertz CT molecular complexity index is 437. The molecule has 0 unspecified atom stereocenters. The van der Waals surface area contributed by atoms with Gasteiger partial charge in [0.15, 0.2) is 0 Å². The van der Waals surface area contributed by atoms with E-state index in [4.69, 9.17) is 11.6 Å². The van der Waals surface area contributed by atoms with Crippen LogP contribution in [0.4, 0.5) is 18.9 Å². The summed E-state index contributed by atoms with van der Waals surface area (Å²) in [4.78, 5) is 2.02. The molecule has 0 aromatic heterocycles. The molecule has 1 aromatic rings. The van der Waals surface area contributed by atoms with E-state index in [0.717, 1.165) is 16.8 Å². The van der Waals surface area contributed by atoms with Crippen molar-refractivity contribution in [3.05, 3.63) is 29.3 Å². The first-order valence-electron chi connectivity index (χ1n) is 6.39. The maximum atomic E-state index is 12.6. The van der Waals surface area contributed by atoms with Crippen LogP contribution in [0.5, 0.6) is 0 Å². The van der Waals surface area contributed by atoms with Crippen LogP contribution in [0, 0.1) is 12.8 Å². The number of hydrogen-bond acceptors (Lipinski definition) is 1. The maximum absolute atomic E-state index is 12.6. The standard InChI is InChI=1S/C14H17ClF3N/c1-10-8-13(3-2-11(10)9-15)19-6-4-12(5-7-19)14(16,17)18/h2-3,8,12H,4-7,9H2,1H3. The van der Waals surface area contributed by atoms with Crippen LogP contribution >= 0.6 is 11.6 Å². The lowest BCUT2D eigenvalue weighted by Gasteiger charge is -2.34. The van der Waals surface area contributed by atoms with E-state index in [1.54, 1.807) is 0 Å². The van der Waals surface area contributed by atoms with Crippen molar-refractivity contribution in [1.29, 1.82) is 0 Å². The van der Waals surface area contributed by atoms with E-state index in [0.29, 0.717) is 19.0 Å². The van der Waals surface area contributed by atoms with Gasteiger partial charge < -0.3 is 4.90 Å². The van der Waals surface area contributed by atoms with E-state index < -0.39 is 12.1 Å². The minimum Gasteiger partial charge on any atom is -0.371 e. The molecule has 0 spiro atoms. The SMILES string of the molecule is Cc1cc(N2CCC(C(F)(F)F)CC2)ccc1CCl. The number of halogens is 4. The van der Waals surface area contributed by atoms with Crippen molar-refractivity contribution < 1.29 is 13.2 Å². The number of nitrogens with zero attached hydrogens (tertiary/aromatic N) is 1. The van der Waals surface area contributed by atoms with Gasteiger partial charge in [-0.3, -0.25) is 0 Å². The number of aryl methyl sites for hydroxylation is 1. The summed E-state index contributed by atoms with van der Waals surface area (Å²) in [6.45, 7) is 2.90. The molecule has 0 atom stereocenters. The van der Waals surface area contributed by atoms with E-state index >= 15 is 0 Å². The predicted octanol–water partition coefficient (Wildman–Crippen LogP) is 4.51. The Balaban J connectivity index is 2.04. The van der Waals surface area contributed by atoms with Gasteiger partial charge in [0.05, 0.1) is 5.92 Å². The van der Waals surface area contributed by atoms with Gasteiger partial charge in [-0.1, -0.05) is 6.07 Å². The fourth-order valence-corrected chi connectivity index (χ4v) is 2.79. The van der Waals surface area contributed by atoms with E-state index in [-0.39, 0.29) is 12.8 Å². The molecule has 1 saturated heterocycles. The van der Waals surface area contributed by atoms with Crippen molar-refractivity contribution in [2.24, 2.45) is 5.92 Å². The van der Waals surface area contributed by atoms with Crippen LogP contribution in [0.3, 0.4) is 0 Å². The Kier molecular flexibility index (Phi) is 4.29. The van der Waals surface area contributed by atoms with Gasteiger partial charge in [0.25, 0.3) is 0 Å². The minimum atomic E-state index is -4.05. The molecule has 1 heterocycles. The molecule has 0 bridgehead atoms. The van der Waals surface area contributed by atoms with Crippen LogP contribution in [0.2, 0.25) is 0 Å². The maximum Gasteiger partial charge on any atom is 0.391 e. The molecular weight excluding hydrogens is 275 g/mol. The summed E-state index contributed by atoms with van der Waals surface area (Å²) in [5.74, 6) is -0.686. The highest BCUT2D eigenvalue weighted by Gasteiger charge is 2.41. The first-order chi connectivity index (χ1) is 8.91. The lowest BCUT2D eigenvalue weighted by molar-refractivity contribution is -0.179. The van der Waals surface area contributed by atoms with Crippen LogP contribution in [-0.4, -0.2) is 19.3 Å². The Morgan fingerprint density at radius 1 is 1.26 bits per heavy atom. The highest BCUT2D eigenvalue weighted by molar-refractivity contribution is 6.17. The number of alkyl halides is 4. The second-order valence-electron chi connectivity index (χ2n) is 5.05. The second-order valence-corrected chi connectivity index (χ2v) is 5.31.